The molecule has 0 aliphatic rings. The van der Waals surface area contributed by atoms with Gasteiger partial charge in [-0.15, -0.1) is 0 Å². The van der Waals surface area contributed by atoms with Gasteiger partial charge in [0.15, 0.2) is 0 Å². The van der Waals surface area contributed by atoms with E-state index in [1.165, 1.54) is 6.92 Å². The summed E-state index contributed by atoms with van der Waals surface area (Å²) in [5, 5.41) is 10.8. The first-order chi connectivity index (χ1) is 4.72. The quantitative estimate of drug-likeness (QED) is 0.487. The molecule has 0 rings (SSSR count). The molecular formula is C6H12N2O2Tm. The van der Waals surface area contributed by atoms with E-state index in [4.69, 9.17) is 10.8 Å². The maximum absolute atomic E-state index is 10.7. The van der Waals surface area contributed by atoms with Crippen LogP contribution in [0.2, 0.25) is 0 Å². The van der Waals surface area contributed by atoms with Gasteiger partial charge in [0.1, 0.15) is 0 Å². The Kier molecular flexibility index (Phi) is 10.4. The third kappa shape index (κ3) is 6.60. The van der Waals surface area contributed by atoms with E-state index in [1.54, 1.807) is 0 Å². The normalized spacial score (nSPS) is 10.2. The van der Waals surface area contributed by atoms with Crippen LogP contribution in [0.25, 0.3) is 0 Å². The summed E-state index contributed by atoms with van der Waals surface area (Å²) in [6.07, 6.45) is 0.770. The Balaban J connectivity index is 0. The Labute approximate surface area is 95.0 Å². The first-order valence-electron chi connectivity index (χ1n) is 3.01. The van der Waals surface area contributed by atoms with Gasteiger partial charge in [0.05, 0.1) is 6.26 Å². The van der Waals surface area contributed by atoms with Crippen LogP contribution < -0.4 is 11.1 Å². The largest absolute Gasteiger partial charge is 0.515 e. The van der Waals surface area contributed by atoms with Crippen molar-refractivity contribution < 1.29 is 46.8 Å². The van der Waals surface area contributed by atoms with Crippen molar-refractivity contribution in [3.8, 4) is 0 Å². The van der Waals surface area contributed by atoms with Gasteiger partial charge in [-0.1, -0.05) is 0 Å². The van der Waals surface area contributed by atoms with Crippen LogP contribution in [0.15, 0.2) is 11.8 Å². The van der Waals surface area contributed by atoms with E-state index in [2.05, 4.69) is 5.32 Å². The van der Waals surface area contributed by atoms with E-state index in [0.717, 1.165) is 6.26 Å². The van der Waals surface area contributed by atoms with Crippen molar-refractivity contribution in [2.45, 2.75) is 6.92 Å². The van der Waals surface area contributed by atoms with Crippen molar-refractivity contribution in [3.63, 3.8) is 0 Å². The van der Waals surface area contributed by atoms with Crippen molar-refractivity contribution in [2.24, 2.45) is 5.73 Å². The molecule has 0 saturated carbocycles. The number of carbonyl (C=O) groups is 1. The first-order valence-corrected chi connectivity index (χ1v) is 3.01. The van der Waals surface area contributed by atoms with Gasteiger partial charge < -0.3 is 16.2 Å². The zero-order chi connectivity index (χ0) is 7.98. The number of hydrogen-bond acceptors (Lipinski definition) is 3. The van der Waals surface area contributed by atoms with Crippen LogP contribution in [0.4, 0.5) is 0 Å². The smallest absolute Gasteiger partial charge is 0.250 e. The molecule has 0 bridgehead atoms. The molecule has 0 aliphatic carbocycles. The van der Waals surface area contributed by atoms with Gasteiger partial charge >= 0.3 is 0 Å². The third-order valence-corrected chi connectivity index (χ3v) is 0.982. The van der Waals surface area contributed by atoms with Gasteiger partial charge in [-0.05, 0) is 6.92 Å². The van der Waals surface area contributed by atoms with E-state index in [-0.39, 0.29) is 48.4 Å². The van der Waals surface area contributed by atoms with Crippen molar-refractivity contribution in [2.75, 3.05) is 13.1 Å². The second kappa shape index (κ2) is 8.30. The second-order valence-corrected chi connectivity index (χ2v) is 1.86. The van der Waals surface area contributed by atoms with E-state index in [1.807, 2.05) is 0 Å². The fourth-order valence-corrected chi connectivity index (χ4v) is 0.384. The third-order valence-electron chi connectivity index (χ3n) is 0.982. The summed E-state index contributed by atoms with van der Waals surface area (Å²) >= 11 is 0. The minimum Gasteiger partial charge on any atom is -0.515 e. The van der Waals surface area contributed by atoms with Gasteiger partial charge in [0, 0.05) is 55.5 Å². The van der Waals surface area contributed by atoms with Crippen molar-refractivity contribution in [1.82, 2.24) is 5.32 Å². The summed E-state index contributed by atoms with van der Waals surface area (Å²) in [4.78, 5) is 10.7. The van der Waals surface area contributed by atoms with E-state index in [9.17, 15) is 4.79 Å². The molecule has 0 heterocycles. The zero-order valence-corrected chi connectivity index (χ0v) is 7.98. The van der Waals surface area contributed by atoms with E-state index >= 15 is 0 Å². The molecule has 4 nitrogen and oxygen atoms in total. The minimum absolute atomic E-state index is 0. The molecule has 0 aromatic rings. The van der Waals surface area contributed by atoms with Crippen molar-refractivity contribution >= 4 is 5.91 Å². The zero-order valence-electron chi connectivity index (χ0n) is 6.20. The van der Waals surface area contributed by atoms with Crippen molar-refractivity contribution in [1.29, 1.82) is 0 Å². The first kappa shape index (κ1) is 13.8. The molecule has 0 saturated heterocycles. The second-order valence-electron chi connectivity index (χ2n) is 1.86. The molecule has 1 amide bonds. The number of amides is 1. The molecule has 0 aromatic heterocycles. The van der Waals surface area contributed by atoms with Crippen LogP contribution >= 0.6 is 0 Å². The Bertz CT molecular complexity index is 148. The molecule has 0 unspecified atom stereocenters. The number of nitrogens with two attached hydrogens (primary N) is 1. The van der Waals surface area contributed by atoms with Gasteiger partial charge in [-0.2, -0.15) is 0 Å². The predicted octanol–water partition coefficient (Wildman–Crippen LogP) is -0.477. The number of rotatable bonds is 3. The molecule has 4 N–H and O–H groups in total. The van der Waals surface area contributed by atoms with E-state index in [0.29, 0.717) is 13.1 Å². The summed E-state index contributed by atoms with van der Waals surface area (Å²) < 4.78 is 0. The predicted molar refractivity (Wildman–Crippen MR) is 38.4 cm³/mol. The van der Waals surface area contributed by atoms with Crippen LogP contribution in [-0.2, 0) is 4.79 Å². The number of hydrogen-bond donors (Lipinski definition) is 3. The van der Waals surface area contributed by atoms with Crippen molar-refractivity contribution in [3.05, 3.63) is 11.8 Å². The van der Waals surface area contributed by atoms with Gasteiger partial charge in [0.2, 0.25) is 5.91 Å². The maximum Gasteiger partial charge on any atom is 0.250 e. The summed E-state index contributed by atoms with van der Waals surface area (Å²) in [5.74, 6) is -0.284. The number of nitrogens with one attached hydrogen (secondary N) is 1. The molecule has 5 heteroatoms. The number of aliphatic hydroxyl groups excluding tert-OH is 1. The molecule has 0 spiro atoms. The molecule has 71 valence electrons. The Morgan fingerprint density at radius 1 is 1.73 bits per heavy atom. The summed E-state index contributed by atoms with van der Waals surface area (Å²) in [6, 6.07) is 0. The maximum atomic E-state index is 10.7. The van der Waals surface area contributed by atoms with Crippen LogP contribution in [-0.4, -0.2) is 24.1 Å². The molecule has 0 atom stereocenters. The monoisotopic (exact) mass is 313 g/mol. The standard InChI is InChI=1S/C6H12N2O2.Tm/c1-5(4-9)6(10)8-3-2-7;/h4,9H,2-3,7H2,1H3,(H,8,10);/b5-4-;. The number of aliphatic hydroxyl groups is 1. The van der Waals surface area contributed by atoms with E-state index < -0.39 is 0 Å². The Morgan fingerprint density at radius 3 is 2.64 bits per heavy atom. The molecule has 0 aliphatic heterocycles. The van der Waals surface area contributed by atoms with Gasteiger partial charge in [0.25, 0.3) is 0 Å². The average molecular weight is 313 g/mol. The molecule has 0 fully saturated rings. The Morgan fingerprint density at radius 2 is 2.27 bits per heavy atom. The summed E-state index contributed by atoms with van der Waals surface area (Å²) in [6.45, 7) is 2.36. The minimum atomic E-state index is -0.284. The van der Waals surface area contributed by atoms with Crippen LogP contribution in [0, 0.1) is 36.9 Å². The van der Waals surface area contributed by atoms with Crippen LogP contribution in [0.3, 0.4) is 0 Å². The molecule has 1 radical (unpaired) electrons. The fraction of sp³-hybridized carbons (Fsp3) is 0.500. The summed E-state index contributed by atoms with van der Waals surface area (Å²) in [5.41, 5.74) is 5.41. The number of carbonyl (C=O) groups excluding carboxylic acids is 1. The topological polar surface area (TPSA) is 75.3 Å². The molecule has 11 heavy (non-hydrogen) atoms. The summed E-state index contributed by atoms with van der Waals surface area (Å²) in [7, 11) is 0. The SMILES string of the molecule is C/C(=C/O)C(=O)NCCN.[Tm]. The molecular weight excluding hydrogens is 301 g/mol. The van der Waals surface area contributed by atoms with Gasteiger partial charge in [-0.3, -0.25) is 4.79 Å². The molecule has 0 aromatic carbocycles. The van der Waals surface area contributed by atoms with Gasteiger partial charge in [-0.25, -0.2) is 0 Å². The Hall–Kier alpha value is 0.204. The fourth-order valence-electron chi connectivity index (χ4n) is 0.384. The van der Waals surface area contributed by atoms with Crippen LogP contribution in [0.5, 0.6) is 0 Å². The average Bonchev–Trinajstić information content (AvgIpc) is 1.98. The van der Waals surface area contributed by atoms with Crippen LogP contribution in [0.1, 0.15) is 6.92 Å².